The van der Waals surface area contributed by atoms with E-state index >= 15 is 0 Å². The number of carbonyl (C=O) groups excluding carboxylic acids is 3. The van der Waals surface area contributed by atoms with Gasteiger partial charge in [-0.3, -0.25) is 14.5 Å². The number of nitrogens with zero attached hydrogens (tertiary/aromatic N) is 1. The second kappa shape index (κ2) is 7.44. The maximum atomic E-state index is 11.7. The number of amides is 4. The number of ether oxygens (including phenoxy) is 1. The fourth-order valence-electron chi connectivity index (χ4n) is 2.13. The zero-order valence-electron chi connectivity index (χ0n) is 12.4. The normalized spacial score (nSPS) is 14.0. The molecular weight excluding hydrogens is 286 g/mol. The summed E-state index contributed by atoms with van der Waals surface area (Å²) in [5, 5.41) is 5.13. The molecule has 0 aromatic heterocycles. The molecule has 0 bridgehead atoms. The van der Waals surface area contributed by atoms with Gasteiger partial charge in [-0.25, -0.2) is 4.79 Å². The van der Waals surface area contributed by atoms with Crippen LogP contribution in [0.2, 0.25) is 0 Å². The van der Waals surface area contributed by atoms with Crippen molar-refractivity contribution in [2.45, 2.75) is 12.8 Å². The predicted molar refractivity (Wildman–Crippen MR) is 79.4 cm³/mol. The van der Waals surface area contributed by atoms with Gasteiger partial charge < -0.3 is 15.4 Å². The van der Waals surface area contributed by atoms with E-state index in [0.29, 0.717) is 12.8 Å². The Morgan fingerprint density at radius 1 is 1.32 bits per heavy atom. The summed E-state index contributed by atoms with van der Waals surface area (Å²) in [5.74, 6) is 0.405. The summed E-state index contributed by atoms with van der Waals surface area (Å²) in [6.07, 6.45) is 0.978. The minimum Gasteiger partial charge on any atom is -0.497 e. The zero-order valence-corrected chi connectivity index (χ0v) is 12.4. The molecule has 0 unspecified atom stereocenters. The summed E-state index contributed by atoms with van der Waals surface area (Å²) in [6.45, 7) is 0.490. The first-order valence-electron chi connectivity index (χ1n) is 7.08. The molecule has 7 nitrogen and oxygen atoms in total. The van der Waals surface area contributed by atoms with E-state index in [1.165, 1.54) is 0 Å². The lowest BCUT2D eigenvalue weighted by Gasteiger charge is -2.12. The summed E-state index contributed by atoms with van der Waals surface area (Å²) in [4.78, 5) is 35.5. The molecule has 0 radical (unpaired) electrons. The largest absolute Gasteiger partial charge is 0.497 e. The van der Waals surface area contributed by atoms with Crippen molar-refractivity contribution in [2.24, 2.45) is 0 Å². The Bertz CT molecular complexity index is 540. The lowest BCUT2D eigenvalue weighted by atomic mass is 10.1. The maximum Gasteiger partial charge on any atom is 0.324 e. The van der Waals surface area contributed by atoms with Crippen molar-refractivity contribution >= 4 is 17.8 Å². The lowest BCUT2D eigenvalue weighted by molar-refractivity contribution is -0.126. The van der Waals surface area contributed by atoms with E-state index in [1.54, 1.807) is 7.11 Å². The summed E-state index contributed by atoms with van der Waals surface area (Å²) < 4.78 is 5.07. The molecule has 2 N–H and O–H groups in total. The number of hydrogen-bond acceptors (Lipinski definition) is 4. The highest BCUT2D eigenvalue weighted by atomic mass is 16.5. The Balaban J connectivity index is 1.67. The first-order chi connectivity index (χ1) is 10.6. The number of rotatable bonds is 7. The highest BCUT2D eigenvalue weighted by Gasteiger charge is 2.27. The molecule has 0 saturated carbocycles. The Hall–Kier alpha value is -2.57. The van der Waals surface area contributed by atoms with Crippen LogP contribution in [0.4, 0.5) is 4.79 Å². The highest BCUT2D eigenvalue weighted by molar-refractivity contribution is 6.01. The number of aryl methyl sites for hydroxylation is 1. The third kappa shape index (κ3) is 4.21. The van der Waals surface area contributed by atoms with Crippen molar-refractivity contribution in [3.05, 3.63) is 29.8 Å². The Labute approximate surface area is 128 Å². The van der Waals surface area contributed by atoms with Crippen molar-refractivity contribution in [1.29, 1.82) is 0 Å². The molecule has 1 heterocycles. The van der Waals surface area contributed by atoms with E-state index in [9.17, 15) is 14.4 Å². The number of urea groups is 1. The molecule has 22 heavy (non-hydrogen) atoms. The highest BCUT2D eigenvalue weighted by Crippen LogP contribution is 2.12. The molecule has 1 aromatic carbocycles. The van der Waals surface area contributed by atoms with Gasteiger partial charge in [-0.1, -0.05) is 12.1 Å². The van der Waals surface area contributed by atoms with E-state index in [1.807, 2.05) is 24.3 Å². The summed E-state index contributed by atoms with van der Waals surface area (Å²) >= 11 is 0. The van der Waals surface area contributed by atoms with Crippen molar-refractivity contribution in [1.82, 2.24) is 15.5 Å². The second-order valence-corrected chi connectivity index (χ2v) is 4.90. The van der Waals surface area contributed by atoms with Crippen molar-refractivity contribution < 1.29 is 19.1 Å². The van der Waals surface area contributed by atoms with Crippen LogP contribution in [0, 0.1) is 0 Å². The second-order valence-electron chi connectivity index (χ2n) is 4.90. The van der Waals surface area contributed by atoms with Crippen molar-refractivity contribution in [2.75, 3.05) is 26.7 Å². The average Bonchev–Trinajstić information content (AvgIpc) is 2.85. The minimum absolute atomic E-state index is 0.0320. The molecule has 0 aliphatic carbocycles. The number of hydrogen-bond donors (Lipinski definition) is 2. The lowest BCUT2D eigenvalue weighted by Crippen LogP contribution is -2.38. The smallest absolute Gasteiger partial charge is 0.324 e. The first kappa shape index (κ1) is 15.8. The van der Waals surface area contributed by atoms with E-state index in [4.69, 9.17) is 4.74 Å². The third-order valence-corrected chi connectivity index (χ3v) is 3.39. The number of benzene rings is 1. The molecule has 2 rings (SSSR count). The van der Waals surface area contributed by atoms with E-state index in [-0.39, 0.29) is 31.4 Å². The maximum absolute atomic E-state index is 11.7. The first-order valence-corrected chi connectivity index (χ1v) is 7.08. The van der Waals surface area contributed by atoms with Gasteiger partial charge in [0.05, 0.1) is 13.7 Å². The summed E-state index contributed by atoms with van der Waals surface area (Å²) in [5.41, 5.74) is 1.05. The van der Waals surface area contributed by atoms with Crippen LogP contribution < -0.4 is 15.4 Å². The molecule has 7 heteroatoms. The summed E-state index contributed by atoms with van der Waals surface area (Å²) in [7, 11) is 1.60. The van der Waals surface area contributed by atoms with Crippen LogP contribution >= 0.6 is 0 Å². The van der Waals surface area contributed by atoms with Gasteiger partial charge >= 0.3 is 6.03 Å². The minimum atomic E-state index is -0.405. The number of methoxy groups -OCH3 is 1. The van der Waals surface area contributed by atoms with Gasteiger partial charge in [-0.05, 0) is 24.1 Å². The van der Waals surface area contributed by atoms with Gasteiger partial charge in [0.1, 0.15) is 5.75 Å². The van der Waals surface area contributed by atoms with Gasteiger partial charge in [-0.2, -0.15) is 0 Å². The van der Waals surface area contributed by atoms with Crippen LogP contribution in [0.15, 0.2) is 24.3 Å². The number of nitrogens with one attached hydrogen (secondary N) is 2. The van der Waals surface area contributed by atoms with E-state index in [0.717, 1.165) is 16.2 Å². The van der Waals surface area contributed by atoms with Gasteiger partial charge in [0.2, 0.25) is 11.8 Å². The van der Waals surface area contributed by atoms with E-state index in [2.05, 4.69) is 10.6 Å². The van der Waals surface area contributed by atoms with Crippen molar-refractivity contribution in [3.63, 3.8) is 0 Å². The fraction of sp³-hybridized carbons (Fsp3) is 0.400. The molecule has 1 aliphatic rings. The van der Waals surface area contributed by atoms with E-state index < -0.39 is 6.03 Å². The molecule has 0 spiro atoms. The Kier molecular flexibility index (Phi) is 5.35. The SMILES string of the molecule is COc1ccc(CCC(=O)NCCN2C(=O)CNC2=O)cc1. The van der Waals surface area contributed by atoms with Crippen LogP contribution in [0.1, 0.15) is 12.0 Å². The van der Waals surface area contributed by atoms with Crippen LogP contribution in [0.5, 0.6) is 5.75 Å². The molecule has 0 atom stereocenters. The number of carbonyl (C=O) groups is 3. The average molecular weight is 305 g/mol. The van der Waals surface area contributed by atoms with Crippen LogP contribution in [0.3, 0.4) is 0 Å². The molecule has 4 amide bonds. The standard InChI is InChI=1S/C15H19N3O4/c1-22-12-5-2-11(3-6-12)4-7-13(19)16-8-9-18-14(20)10-17-15(18)21/h2-3,5-6H,4,7-10H2,1H3,(H,16,19)(H,17,21). The van der Waals surface area contributed by atoms with Gasteiger partial charge in [0, 0.05) is 19.5 Å². The van der Waals surface area contributed by atoms with Crippen LogP contribution in [-0.2, 0) is 16.0 Å². The summed E-state index contributed by atoms with van der Waals surface area (Å²) in [6, 6.07) is 7.13. The van der Waals surface area contributed by atoms with Crippen LogP contribution in [0.25, 0.3) is 0 Å². The molecule has 1 aliphatic heterocycles. The molecular formula is C15H19N3O4. The fourth-order valence-corrected chi connectivity index (χ4v) is 2.13. The molecule has 1 saturated heterocycles. The third-order valence-electron chi connectivity index (χ3n) is 3.39. The predicted octanol–water partition coefficient (Wildman–Crippen LogP) is 0.296. The molecule has 1 aromatic rings. The van der Waals surface area contributed by atoms with Gasteiger partial charge in [0.25, 0.3) is 0 Å². The van der Waals surface area contributed by atoms with Gasteiger partial charge in [0.15, 0.2) is 0 Å². The molecule has 1 fully saturated rings. The quantitative estimate of drug-likeness (QED) is 0.709. The monoisotopic (exact) mass is 305 g/mol. The Morgan fingerprint density at radius 3 is 2.64 bits per heavy atom. The topological polar surface area (TPSA) is 87.7 Å². The van der Waals surface area contributed by atoms with Crippen LogP contribution in [-0.4, -0.2) is 49.5 Å². The van der Waals surface area contributed by atoms with Gasteiger partial charge in [-0.15, -0.1) is 0 Å². The Morgan fingerprint density at radius 2 is 2.05 bits per heavy atom. The zero-order chi connectivity index (χ0) is 15.9. The number of imide groups is 1. The van der Waals surface area contributed by atoms with Crippen molar-refractivity contribution in [3.8, 4) is 5.75 Å². The molecule has 118 valence electrons.